The van der Waals surface area contributed by atoms with Gasteiger partial charge in [0.2, 0.25) is 5.91 Å². The van der Waals surface area contributed by atoms with Crippen molar-refractivity contribution in [2.45, 2.75) is 37.3 Å². The monoisotopic (exact) mass is 398 g/mol. The van der Waals surface area contributed by atoms with Crippen LogP contribution in [0.5, 0.6) is 0 Å². The van der Waals surface area contributed by atoms with Crippen molar-refractivity contribution in [3.8, 4) is 0 Å². The normalized spacial score (nSPS) is 22.8. The average molecular weight is 399 g/mol. The number of sulfone groups is 1. The Morgan fingerprint density at radius 1 is 1.44 bits per heavy atom. The third-order valence-corrected chi connectivity index (χ3v) is 8.49. The number of rotatable bonds is 4. The van der Waals surface area contributed by atoms with Gasteiger partial charge in [0.1, 0.15) is 4.38 Å². The zero-order valence-corrected chi connectivity index (χ0v) is 16.8. The SMILES string of the molecule is CCN(C(=O)[C@H](C)SC1=Nc2ccccc2CS1)[C@H]1CCS(=O)(=O)C1. The molecule has 2 aliphatic heterocycles. The molecule has 0 aromatic heterocycles. The number of hydrogen-bond donors (Lipinski definition) is 0. The first-order chi connectivity index (χ1) is 11.9. The minimum Gasteiger partial charge on any atom is -0.338 e. The van der Waals surface area contributed by atoms with E-state index in [4.69, 9.17) is 0 Å². The molecule has 136 valence electrons. The molecule has 0 bridgehead atoms. The quantitative estimate of drug-likeness (QED) is 0.780. The van der Waals surface area contributed by atoms with Crippen LogP contribution in [0.15, 0.2) is 29.3 Å². The van der Waals surface area contributed by atoms with Crippen LogP contribution in [0.4, 0.5) is 5.69 Å². The molecule has 0 saturated carbocycles. The Kier molecular flexibility index (Phi) is 5.80. The molecular formula is C17H22N2O3S3. The van der Waals surface area contributed by atoms with Crippen molar-refractivity contribution in [1.82, 2.24) is 4.90 Å². The average Bonchev–Trinajstić information content (AvgIpc) is 2.95. The van der Waals surface area contributed by atoms with E-state index in [1.165, 1.54) is 17.3 Å². The largest absolute Gasteiger partial charge is 0.338 e. The first-order valence-corrected chi connectivity index (χ1v) is 12.0. The molecule has 25 heavy (non-hydrogen) atoms. The lowest BCUT2D eigenvalue weighted by Crippen LogP contribution is -2.44. The Balaban J connectivity index is 1.67. The molecule has 2 aliphatic rings. The molecule has 0 unspecified atom stereocenters. The van der Waals surface area contributed by atoms with Crippen molar-refractivity contribution < 1.29 is 13.2 Å². The van der Waals surface area contributed by atoms with Gasteiger partial charge in [-0.05, 0) is 31.9 Å². The van der Waals surface area contributed by atoms with Gasteiger partial charge < -0.3 is 4.90 Å². The topological polar surface area (TPSA) is 66.8 Å². The van der Waals surface area contributed by atoms with Crippen LogP contribution in [0, 0.1) is 0 Å². The maximum Gasteiger partial charge on any atom is 0.236 e. The van der Waals surface area contributed by atoms with Gasteiger partial charge >= 0.3 is 0 Å². The summed E-state index contributed by atoms with van der Waals surface area (Å²) in [6, 6.07) is 7.85. The van der Waals surface area contributed by atoms with Gasteiger partial charge in [0, 0.05) is 18.3 Å². The summed E-state index contributed by atoms with van der Waals surface area (Å²) in [4.78, 5) is 19.2. The maximum atomic E-state index is 12.8. The van der Waals surface area contributed by atoms with Gasteiger partial charge in [-0.3, -0.25) is 4.79 Å². The second-order valence-corrected chi connectivity index (χ2v) is 11.0. The predicted octanol–water partition coefficient (Wildman–Crippen LogP) is 3.08. The number of para-hydroxylation sites is 1. The summed E-state index contributed by atoms with van der Waals surface area (Å²) in [7, 11) is -3.00. The molecule has 2 atom stereocenters. The second kappa shape index (κ2) is 7.72. The van der Waals surface area contributed by atoms with Crippen molar-refractivity contribution in [1.29, 1.82) is 0 Å². The molecule has 8 heteroatoms. The number of carbonyl (C=O) groups is 1. The van der Waals surface area contributed by atoms with Crippen molar-refractivity contribution in [3.05, 3.63) is 29.8 Å². The van der Waals surface area contributed by atoms with E-state index in [0.29, 0.717) is 13.0 Å². The van der Waals surface area contributed by atoms with E-state index in [2.05, 4.69) is 11.1 Å². The Labute approximate surface area is 157 Å². The smallest absolute Gasteiger partial charge is 0.236 e. The minimum atomic E-state index is -3.00. The standard InChI is InChI=1S/C17H22N2O3S3/c1-3-19(14-8-9-25(21,22)11-14)16(20)12(2)24-17-18-15-7-5-4-6-13(15)10-23-17/h4-7,12,14H,3,8-11H2,1-2H3/t12-,14-/m0/s1. The number of carbonyl (C=O) groups excluding carboxylic acids is 1. The lowest BCUT2D eigenvalue weighted by Gasteiger charge is -2.29. The lowest BCUT2D eigenvalue weighted by molar-refractivity contribution is -0.131. The summed E-state index contributed by atoms with van der Waals surface area (Å²) in [5, 5.41) is -0.278. The van der Waals surface area contributed by atoms with Crippen molar-refractivity contribution in [2.24, 2.45) is 4.99 Å². The molecule has 0 aliphatic carbocycles. The van der Waals surface area contributed by atoms with Crippen LogP contribution >= 0.6 is 23.5 Å². The molecule has 5 nitrogen and oxygen atoms in total. The highest BCUT2D eigenvalue weighted by molar-refractivity contribution is 8.39. The number of aliphatic imine (C=N–C) groups is 1. The summed E-state index contributed by atoms with van der Waals surface area (Å²) in [5.74, 6) is 1.13. The molecule has 0 radical (unpaired) electrons. The Hall–Kier alpha value is -0.990. The number of amides is 1. The van der Waals surface area contributed by atoms with Gasteiger partial charge in [0.15, 0.2) is 9.84 Å². The van der Waals surface area contributed by atoms with E-state index >= 15 is 0 Å². The summed E-state index contributed by atoms with van der Waals surface area (Å²) in [6.07, 6.45) is 0.544. The molecule has 0 spiro atoms. The fourth-order valence-corrected chi connectivity index (χ4v) is 7.11. The molecule has 2 heterocycles. The number of hydrogen-bond acceptors (Lipinski definition) is 6. The van der Waals surface area contributed by atoms with Crippen molar-refractivity contribution in [3.63, 3.8) is 0 Å². The first-order valence-electron chi connectivity index (χ1n) is 8.36. The maximum absolute atomic E-state index is 12.8. The van der Waals surface area contributed by atoms with Crippen LogP contribution in [0.1, 0.15) is 25.8 Å². The van der Waals surface area contributed by atoms with Gasteiger partial charge in [-0.25, -0.2) is 13.4 Å². The van der Waals surface area contributed by atoms with Crippen LogP contribution < -0.4 is 0 Å². The zero-order valence-electron chi connectivity index (χ0n) is 14.3. The number of nitrogens with zero attached hydrogens (tertiary/aromatic N) is 2. The van der Waals surface area contributed by atoms with Crippen LogP contribution in [0.2, 0.25) is 0 Å². The number of thioether (sulfide) groups is 2. The first kappa shape index (κ1) is 18.8. The van der Waals surface area contributed by atoms with Gasteiger partial charge in [0.05, 0.1) is 22.4 Å². The predicted molar refractivity (Wildman–Crippen MR) is 106 cm³/mol. The molecule has 1 aromatic carbocycles. The van der Waals surface area contributed by atoms with Crippen LogP contribution in [0.3, 0.4) is 0 Å². The highest BCUT2D eigenvalue weighted by atomic mass is 32.2. The van der Waals surface area contributed by atoms with Crippen LogP contribution in [0.25, 0.3) is 0 Å². The van der Waals surface area contributed by atoms with Crippen molar-refractivity contribution in [2.75, 3.05) is 18.1 Å². The third kappa shape index (κ3) is 4.41. The Morgan fingerprint density at radius 3 is 2.88 bits per heavy atom. The third-order valence-electron chi connectivity index (χ3n) is 4.45. The van der Waals surface area contributed by atoms with Gasteiger partial charge in [-0.2, -0.15) is 0 Å². The number of benzene rings is 1. The highest BCUT2D eigenvalue weighted by Crippen LogP contribution is 2.36. The minimum absolute atomic E-state index is 0.00300. The van der Waals surface area contributed by atoms with E-state index in [0.717, 1.165) is 15.8 Å². The summed E-state index contributed by atoms with van der Waals surface area (Å²) in [6.45, 7) is 4.32. The second-order valence-electron chi connectivity index (χ2n) is 6.24. The molecule has 1 amide bonds. The summed E-state index contributed by atoms with van der Waals surface area (Å²) >= 11 is 3.12. The summed E-state index contributed by atoms with van der Waals surface area (Å²) in [5.41, 5.74) is 2.18. The summed E-state index contributed by atoms with van der Waals surface area (Å²) < 4.78 is 24.3. The van der Waals surface area contributed by atoms with Gasteiger partial charge in [-0.15, -0.1) is 0 Å². The number of fused-ring (bicyclic) bond motifs is 1. The van der Waals surface area contributed by atoms with E-state index in [1.54, 1.807) is 16.7 Å². The van der Waals surface area contributed by atoms with E-state index in [9.17, 15) is 13.2 Å². The Morgan fingerprint density at radius 2 is 2.20 bits per heavy atom. The molecule has 3 rings (SSSR count). The molecule has 1 aromatic rings. The fourth-order valence-electron chi connectivity index (χ4n) is 3.12. The molecular weight excluding hydrogens is 376 g/mol. The van der Waals surface area contributed by atoms with Gasteiger partial charge in [0.25, 0.3) is 0 Å². The highest BCUT2D eigenvalue weighted by Gasteiger charge is 2.35. The Bertz CT molecular complexity index is 792. The molecule has 1 fully saturated rings. The van der Waals surface area contributed by atoms with Gasteiger partial charge in [-0.1, -0.05) is 41.7 Å². The fraction of sp³-hybridized carbons (Fsp3) is 0.529. The molecule has 1 saturated heterocycles. The van der Waals surface area contributed by atoms with E-state index in [1.807, 2.05) is 32.0 Å². The lowest BCUT2D eigenvalue weighted by atomic mass is 10.2. The van der Waals surface area contributed by atoms with Crippen LogP contribution in [-0.2, 0) is 20.4 Å². The van der Waals surface area contributed by atoms with Crippen molar-refractivity contribution >= 4 is 49.3 Å². The van der Waals surface area contributed by atoms with E-state index < -0.39 is 9.84 Å². The molecule has 0 N–H and O–H groups in total. The van der Waals surface area contributed by atoms with Crippen LogP contribution in [-0.4, -0.2) is 52.9 Å². The zero-order chi connectivity index (χ0) is 18.0. The van der Waals surface area contributed by atoms with E-state index in [-0.39, 0.29) is 28.7 Å².